The zero-order chi connectivity index (χ0) is 15.4. The highest BCUT2D eigenvalue weighted by molar-refractivity contribution is 5.95. The van der Waals surface area contributed by atoms with Crippen LogP contribution in [0, 0.1) is 27.7 Å². The minimum Gasteiger partial charge on any atom is -0.313 e. The molecule has 1 aliphatic rings. The van der Waals surface area contributed by atoms with Gasteiger partial charge >= 0.3 is 6.03 Å². The third-order valence-corrected chi connectivity index (χ3v) is 4.87. The van der Waals surface area contributed by atoms with E-state index in [-0.39, 0.29) is 17.6 Å². The van der Waals surface area contributed by atoms with E-state index >= 15 is 0 Å². The Balaban J connectivity index is 2.81. The Bertz CT molecular complexity index is 585. The molecular weight excluding hydrogens is 248 g/mol. The lowest BCUT2D eigenvalue weighted by Gasteiger charge is -2.47. The van der Waals surface area contributed by atoms with Gasteiger partial charge in [-0.2, -0.15) is 0 Å². The van der Waals surface area contributed by atoms with Gasteiger partial charge in [-0.05, 0) is 77.6 Å². The summed E-state index contributed by atoms with van der Waals surface area (Å²) in [6, 6.07) is 0.169. The molecule has 1 aliphatic heterocycles. The summed E-state index contributed by atoms with van der Waals surface area (Å²) in [4.78, 5) is 14.4. The maximum absolute atomic E-state index is 12.5. The van der Waals surface area contributed by atoms with Gasteiger partial charge in [0, 0.05) is 11.6 Å². The molecule has 0 atom stereocenters. The summed E-state index contributed by atoms with van der Waals surface area (Å²) in [5, 5.41) is 3.11. The van der Waals surface area contributed by atoms with E-state index in [0.717, 1.165) is 5.69 Å². The number of nitrogens with one attached hydrogen (secondary N) is 1. The Morgan fingerprint density at radius 1 is 0.950 bits per heavy atom. The normalized spacial score (nSPS) is 17.2. The van der Waals surface area contributed by atoms with E-state index in [4.69, 9.17) is 0 Å². The lowest BCUT2D eigenvalue weighted by atomic mass is 9.80. The molecule has 110 valence electrons. The van der Waals surface area contributed by atoms with Gasteiger partial charge in [-0.1, -0.05) is 0 Å². The van der Waals surface area contributed by atoms with Crippen LogP contribution in [0.25, 0.3) is 0 Å². The number of nitrogens with zero attached hydrogens (tertiary/aromatic N) is 1. The second kappa shape index (κ2) is 4.51. The molecule has 1 aromatic carbocycles. The van der Waals surface area contributed by atoms with Gasteiger partial charge in [-0.3, -0.25) is 0 Å². The average molecular weight is 274 g/mol. The second-order valence-electron chi connectivity index (χ2n) is 6.70. The number of anilines is 1. The number of amides is 2. The highest BCUT2D eigenvalue weighted by Crippen LogP contribution is 2.44. The summed E-state index contributed by atoms with van der Waals surface area (Å²) in [6.45, 7) is 17.0. The van der Waals surface area contributed by atoms with Crippen molar-refractivity contribution in [3.05, 3.63) is 27.8 Å². The fourth-order valence-corrected chi connectivity index (χ4v) is 3.65. The predicted octanol–water partition coefficient (Wildman–Crippen LogP) is 4.41. The maximum atomic E-state index is 12.5. The smallest absolute Gasteiger partial charge is 0.313 e. The van der Waals surface area contributed by atoms with Crippen LogP contribution in [0.1, 0.15) is 55.5 Å². The molecule has 0 spiro atoms. The first-order valence-electron chi connectivity index (χ1n) is 7.31. The van der Waals surface area contributed by atoms with Crippen LogP contribution in [0.4, 0.5) is 10.5 Å². The highest BCUT2D eigenvalue weighted by Gasteiger charge is 2.42. The Hall–Kier alpha value is -1.51. The van der Waals surface area contributed by atoms with E-state index in [1.54, 1.807) is 0 Å². The number of carbonyl (C=O) groups excluding carboxylic acids is 1. The molecule has 0 saturated heterocycles. The van der Waals surface area contributed by atoms with Crippen molar-refractivity contribution in [1.29, 1.82) is 0 Å². The molecule has 20 heavy (non-hydrogen) atoms. The van der Waals surface area contributed by atoms with Crippen molar-refractivity contribution in [2.45, 2.75) is 67.0 Å². The van der Waals surface area contributed by atoms with Crippen molar-refractivity contribution in [2.24, 2.45) is 0 Å². The molecular formula is C17H26N2O. The van der Waals surface area contributed by atoms with Gasteiger partial charge in [0.1, 0.15) is 0 Å². The molecule has 1 aromatic rings. The average Bonchev–Trinajstić information content (AvgIpc) is 2.31. The monoisotopic (exact) mass is 274 g/mol. The summed E-state index contributed by atoms with van der Waals surface area (Å²) in [6.07, 6.45) is 0. The van der Waals surface area contributed by atoms with Gasteiger partial charge in [0.05, 0.1) is 11.2 Å². The van der Waals surface area contributed by atoms with Crippen molar-refractivity contribution in [3.8, 4) is 0 Å². The molecule has 2 amide bonds. The summed E-state index contributed by atoms with van der Waals surface area (Å²) in [7, 11) is 0. The SMILES string of the molecule is Cc1c(C)c(C)c2c(c1C)NC(=O)N(C(C)C)C2(C)C. The van der Waals surface area contributed by atoms with Gasteiger partial charge in [-0.25, -0.2) is 4.79 Å². The van der Waals surface area contributed by atoms with Crippen LogP contribution in [0.3, 0.4) is 0 Å². The Labute approximate surface area is 122 Å². The first-order chi connectivity index (χ1) is 9.10. The quantitative estimate of drug-likeness (QED) is 0.808. The van der Waals surface area contributed by atoms with Crippen LogP contribution < -0.4 is 5.32 Å². The van der Waals surface area contributed by atoms with Crippen LogP contribution in [0.5, 0.6) is 0 Å². The molecule has 1 N–H and O–H groups in total. The molecule has 0 saturated carbocycles. The molecule has 0 fully saturated rings. The molecule has 0 aromatic heterocycles. The summed E-state index contributed by atoms with van der Waals surface area (Å²) in [5.74, 6) is 0. The van der Waals surface area contributed by atoms with Gasteiger partial charge < -0.3 is 10.2 Å². The van der Waals surface area contributed by atoms with Crippen molar-refractivity contribution in [1.82, 2.24) is 4.90 Å². The third kappa shape index (κ3) is 1.83. The van der Waals surface area contributed by atoms with Gasteiger partial charge in [-0.15, -0.1) is 0 Å². The van der Waals surface area contributed by atoms with Crippen molar-refractivity contribution >= 4 is 11.7 Å². The molecule has 3 heteroatoms. The van der Waals surface area contributed by atoms with Crippen LogP contribution in [-0.4, -0.2) is 17.0 Å². The molecule has 1 heterocycles. The summed E-state index contributed by atoms with van der Waals surface area (Å²) < 4.78 is 0. The Morgan fingerprint density at radius 3 is 1.95 bits per heavy atom. The van der Waals surface area contributed by atoms with Crippen LogP contribution >= 0.6 is 0 Å². The lowest BCUT2D eigenvalue weighted by Crippen LogP contribution is -2.55. The van der Waals surface area contributed by atoms with E-state index in [1.165, 1.54) is 27.8 Å². The van der Waals surface area contributed by atoms with Gasteiger partial charge in [0.15, 0.2) is 0 Å². The van der Waals surface area contributed by atoms with E-state index in [1.807, 2.05) is 4.90 Å². The highest BCUT2D eigenvalue weighted by atomic mass is 16.2. The first-order valence-corrected chi connectivity index (χ1v) is 7.31. The maximum Gasteiger partial charge on any atom is 0.322 e. The topological polar surface area (TPSA) is 32.3 Å². The zero-order valence-corrected chi connectivity index (χ0v) is 13.9. The fraction of sp³-hybridized carbons (Fsp3) is 0.588. The number of rotatable bonds is 1. The number of hydrogen-bond donors (Lipinski definition) is 1. The molecule has 0 radical (unpaired) electrons. The van der Waals surface area contributed by atoms with Gasteiger partial charge in [0.2, 0.25) is 0 Å². The van der Waals surface area contributed by atoms with Crippen molar-refractivity contribution < 1.29 is 4.79 Å². The second-order valence-corrected chi connectivity index (χ2v) is 6.70. The largest absolute Gasteiger partial charge is 0.322 e. The first kappa shape index (κ1) is 14.9. The van der Waals surface area contributed by atoms with E-state index in [9.17, 15) is 4.79 Å². The standard InChI is InChI=1S/C17H26N2O/c1-9(2)19-16(20)18-15-13(6)11(4)10(3)12(5)14(15)17(19,7)8/h9H,1-8H3,(H,18,20). The third-order valence-electron chi connectivity index (χ3n) is 4.87. The molecule has 3 nitrogen and oxygen atoms in total. The number of urea groups is 1. The fourth-order valence-electron chi connectivity index (χ4n) is 3.65. The van der Waals surface area contributed by atoms with Crippen LogP contribution in [0.2, 0.25) is 0 Å². The molecule has 2 rings (SSSR count). The van der Waals surface area contributed by atoms with E-state index < -0.39 is 0 Å². The molecule has 0 aliphatic carbocycles. The predicted molar refractivity (Wildman–Crippen MR) is 84.4 cm³/mol. The lowest BCUT2D eigenvalue weighted by molar-refractivity contribution is 0.115. The molecule has 0 unspecified atom stereocenters. The Morgan fingerprint density at radius 2 is 1.45 bits per heavy atom. The number of hydrogen-bond acceptors (Lipinski definition) is 1. The molecule has 0 bridgehead atoms. The van der Waals surface area contributed by atoms with Crippen molar-refractivity contribution in [3.63, 3.8) is 0 Å². The van der Waals surface area contributed by atoms with E-state index in [0.29, 0.717) is 0 Å². The van der Waals surface area contributed by atoms with Gasteiger partial charge in [0.25, 0.3) is 0 Å². The minimum atomic E-state index is -0.293. The summed E-state index contributed by atoms with van der Waals surface area (Å²) >= 11 is 0. The Kier molecular flexibility index (Phi) is 3.35. The number of fused-ring (bicyclic) bond motifs is 1. The van der Waals surface area contributed by atoms with Crippen LogP contribution in [-0.2, 0) is 5.54 Å². The van der Waals surface area contributed by atoms with Crippen LogP contribution in [0.15, 0.2) is 0 Å². The zero-order valence-electron chi connectivity index (χ0n) is 13.9. The minimum absolute atomic E-state index is 0.00301. The van der Waals surface area contributed by atoms with Crippen molar-refractivity contribution in [2.75, 3.05) is 5.32 Å². The summed E-state index contributed by atoms with van der Waals surface area (Å²) in [5.41, 5.74) is 7.05. The number of benzene rings is 1. The van der Waals surface area contributed by atoms with E-state index in [2.05, 4.69) is 60.7 Å². The number of carbonyl (C=O) groups is 1.